The first-order valence-electron chi connectivity index (χ1n) is 4.96. The van der Waals surface area contributed by atoms with E-state index in [1.807, 2.05) is 24.4 Å². The Balaban J connectivity index is 2.35. The molecular weight excluding hydrogens is 202 g/mol. The number of aromatic amines is 2. The van der Waals surface area contributed by atoms with Gasteiger partial charge in [-0.1, -0.05) is 0 Å². The molecule has 0 saturated carbocycles. The second kappa shape index (κ2) is 3.34. The van der Waals surface area contributed by atoms with Crippen molar-refractivity contribution in [1.82, 2.24) is 15.0 Å². The van der Waals surface area contributed by atoms with E-state index in [0.29, 0.717) is 5.56 Å². The highest BCUT2D eigenvalue weighted by Gasteiger charge is 2.08. The fraction of sp³-hybridized carbons (Fsp3) is 0. The molecule has 3 heterocycles. The van der Waals surface area contributed by atoms with E-state index in [-0.39, 0.29) is 5.56 Å². The Bertz CT molecular complexity index is 696. The summed E-state index contributed by atoms with van der Waals surface area (Å²) in [6.07, 6.45) is 5.15. The van der Waals surface area contributed by atoms with Crippen molar-refractivity contribution in [2.45, 2.75) is 0 Å². The molecule has 0 radical (unpaired) electrons. The zero-order valence-corrected chi connectivity index (χ0v) is 8.40. The van der Waals surface area contributed by atoms with E-state index in [2.05, 4.69) is 15.0 Å². The molecule has 0 fully saturated rings. The minimum Gasteiger partial charge on any atom is -0.346 e. The van der Waals surface area contributed by atoms with Crippen molar-refractivity contribution in [3.63, 3.8) is 0 Å². The number of aromatic nitrogens is 3. The number of rotatable bonds is 1. The summed E-state index contributed by atoms with van der Waals surface area (Å²) in [4.78, 5) is 21.6. The van der Waals surface area contributed by atoms with E-state index in [9.17, 15) is 4.79 Å². The summed E-state index contributed by atoms with van der Waals surface area (Å²) in [5.74, 6) is 0. The van der Waals surface area contributed by atoms with Crippen molar-refractivity contribution in [3.8, 4) is 11.1 Å². The Morgan fingerprint density at radius 3 is 2.88 bits per heavy atom. The first-order chi connectivity index (χ1) is 7.86. The predicted octanol–water partition coefficient (Wildman–Crippen LogP) is 1.92. The fourth-order valence-electron chi connectivity index (χ4n) is 1.81. The smallest absolute Gasteiger partial charge is 0.255 e. The van der Waals surface area contributed by atoms with Crippen molar-refractivity contribution in [1.29, 1.82) is 0 Å². The van der Waals surface area contributed by atoms with Crippen molar-refractivity contribution < 1.29 is 0 Å². The minimum atomic E-state index is -0.0905. The van der Waals surface area contributed by atoms with E-state index < -0.39 is 0 Å². The van der Waals surface area contributed by atoms with Gasteiger partial charge in [0.15, 0.2) is 0 Å². The van der Waals surface area contributed by atoms with E-state index in [4.69, 9.17) is 0 Å². The Labute approximate surface area is 91.0 Å². The highest BCUT2D eigenvalue weighted by Crippen LogP contribution is 2.24. The van der Waals surface area contributed by atoms with Crippen LogP contribution in [-0.4, -0.2) is 15.0 Å². The lowest BCUT2D eigenvalue weighted by Gasteiger charge is -1.96. The lowest BCUT2D eigenvalue weighted by Crippen LogP contribution is -2.06. The van der Waals surface area contributed by atoms with Gasteiger partial charge < -0.3 is 9.97 Å². The summed E-state index contributed by atoms with van der Waals surface area (Å²) in [6.45, 7) is 0. The van der Waals surface area contributed by atoms with Gasteiger partial charge in [0.05, 0.1) is 0 Å². The number of nitrogens with zero attached hydrogens (tertiary/aromatic N) is 1. The van der Waals surface area contributed by atoms with Gasteiger partial charge in [0.25, 0.3) is 5.56 Å². The molecule has 0 aliphatic carbocycles. The monoisotopic (exact) mass is 211 g/mol. The van der Waals surface area contributed by atoms with E-state index in [1.165, 1.54) is 0 Å². The number of nitrogens with one attached hydrogen (secondary N) is 2. The molecule has 78 valence electrons. The molecular formula is C12H9N3O. The maximum absolute atomic E-state index is 11.7. The highest BCUT2D eigenvalue weighted by molar-refractivity contribution is 5.93. The number of pyridine rings is 2. The topological polar surface area (TPSA) is 61.5 Å². The predicted molar refractivity (Wildman–Crippen MR) is 62.2 cm³/mol. The molecule has 4 heteroatoms. The third-order valence-electron chi connectivity index (χ3n) is 2.56. The van der Waals surface area contributed by atoms with Gasteiger partial charge in [0.1, 0.15) is 5.65 Å². The normalized spacial score (nSPS) is 10.8. The van der Waals surface area contributed by atoms with Crippen LogP contribution >= 0.6 is 0 Å². The second-order valence-electron chi connectivity index (χ2n) is 3.51. The van der Waals surface area contributed by atoms with Crippen LogP contribution in [0.25, 0.3) is 22.2 Å². The first kappa shape index (κ1) is 8.91. The van der Waals surface area contributed by atoms with Crippen LogP contribution in [0.15, 0.2) is 47.7 Å². The molecule has 0 amide bonds. The average molecular weight is 211 g/mol. The number of hydrogen-bond donors (Lipinski definition) is 2. The van der Waals surface area contributed by atoms with Gasteiger partial charge in [-0.2, -0.15) is 0 Å². The molecule has 0 saturated heterocycles. The van der Waals surface area contributed by atoms with Crippen LogP contribution in [0.5, 0.6) is 0 Å². The Morgan fingerprint density at radius 1 is 1.06 bits per heavy atom. The third kappa shape index (κ3) is 1.24. The quantitative estimate of drug-likeness (QED) is 0.646. The minimum absolute atomic E-state index is 0.0905. The van der Waals surface area contributed by atoms with Crippen molar-refractivity contribution in [2.24, 2.45) is 0 Å². The molecule has 0 aromatic carbocycles. The maximum atomic E-state index is 11.7. The van der Waals surface area contributed by atoms with Crippen molar-refractivity contribution >= 4 is 11.0 Å². The van der Waals surface area contributed by atoms with Crippen molar-refractivity contribution in [3.05, 3.63) is 53.2 Å². The molecule has 16 heavy (non-hydrogen) atoms. The summed E-state index contributed by atoms with van der Waals surface area (Å²) in [5, 5.41) is 0.958. The summed E-state index contributed by atoms with van der Waals surface area (Å²) in [6, 6.07) is 7.41. The van der Waals surface area contributed by atoms with Gasteiger partial charge in [-0.25, -0.2) is 4.98 Å². The summed E-state index contributed by atoms with van der Waals surface area (Å²) < 4.78 is 0. The van der Waals surface area contributed by atoms with Crippen LogP contribution < -0.4 is 5.56 Å². The Morgan fingerprint density at radius 2 is 2.00 bits per heavy atom. The van der Waals surface area contributed by atoms with Gasteiger partial charge in [-0.05, 0) is 24.3 Å². The van der Waals surface area contributed by atoms with Crippen LogP contribution in [-0.2, 0) is 0 Å². The number of H-pyrrole nitrogens is 2. The van der Waals surface area contributed by atoms with E-state index >= 15 is 0 Å². The fourth-order valence-corrected chi connectivity index (χ4v) is 1.81. The van der Waals surface area contributed by atoms with Crippen LogP contribution in [0.3, 0.4) is 0 Å². The molecule has 0 aliphatic rings. The SMILES string of the molecule is O=c1[nH]cccc1-c1c[nH]c2ncccc12. The van der Waals surface area contributed by atoms with Crippen LogP contribution in [0.2, 0.25) is 0 Å². The summed E-state index contributed by atoms with van der Waals surface area (Å²) in [5.41, 5.74) is 2.24. The zero-order chi connectivity index (χ0) is 11.0. The second-order valence-corrected chi connectivity index (χ2v) is 3.51. The lowest BCUT2D eigenvalue weighted by atomic mass is 10.1. The molecule has 0 unspecified atom stereocenters. The van der Waals surface area contributed by atoms with Crippen LogP contribution in [0.1, 0.15) is 0 Å². The number of hydrogen-bond acceptors (Lipinski definition) is 2. The van der Waals surface area contributed by atoms with Gasteiger partial charge in [0.2, 0.25) is 0 Å². The van der Waals surface area contributed by atoms with Crippen LogP contribution in [0, 0.1) is 0 Å². The summed E-state index contributed by atoms with van der Waals surface area (Å²) in [7, 11) is 0. The zero-order valence-electron chi connectivity index (χ0n) is 8.40. The molecule has 3 rings (SSSR count). The first-order valence-corrected chi connectivity index (χ1v) is 4.96. The molecule has 0 bridgehead atoms. The summed E-state index contributed by atoms with van der Waals surface area (Å²) >= 11 is 0. The van der Waals surface area contributed by atoms with Crippen LogP contribution in [0.4, 0.5) is 0 Å². The molecule has 4 nitrogen and oxygen atoms in total. The van der Waals surface area contributed by atoms with Crippen molar-refractivity contribution in [2.75, 3.05) is 0 Å². The number of fused-ring (bicyclic) bond motifs is 1. The largest absolute Gasteiger partial charge is 0.346 e. The average Bonchev–Trinajstić information content (AvgIpc) is 2.74. The standard InChI is InChI=1S/C12H9N3O/c16-12-9(4-2-6-14-12)10-7-15-11-8(10)3-1-5-13-11/h1-7H,(H,13,15)(H,14,16). The Kier molecular flexibility index (Phi) is 1.86. The molecule has 0 aliphatic heterocycles. The van der Waals surface area contributed by atoms with E-state index in [1.54, 1.807) is 18.5 Å². The molecule has 2 N–H and O–H groups in total. The lowest BCUT2D eigenvalue weighted by molar-refractivity contribution is 1.24. The van der Waals surface area contributed by atoms with E-state index in [0.717, 1.165) is 16.6 Å². The van der Waals surface area contributed by atoms with Gasteiger partial charge in [0, 0.05) is 35.1 Å². The van der Waals surface area contributed by atoms with Gasteiger partial charge >= 0.3 is 0 Å². The third-order valence-corrected chi connectivity index (χ3v) is 2.56. The molecule has 0 spiro atoms. The molecule has 0 atom stereocenters. The maximum Gasteiger partial charge on any atom is 0.255 e. The highest BCUT2D eigenvalue weighted by atomic mass is 16.1. The Hall–Kier alpha value is -2.36. The molecule has 3 aromatic rings. The van der Waals surface area contributed by atoms with Gasteiger partial charge in [-0.15, -0.1) is 0 Å². The van der Waals surface area contributed by atoms with Gasteiger partial charge in [-0.3, -0.25) is 4.79 Å². The molecule has 3 aromatic heterocycles.